The van der Waals surface area contributed by atoms with E-state index in [0.717, 1.165) is 5.56 Å². The number of methoxy groups -OCH3 is 1. The maximum Gasteiger partial charge on any atom is 0.509 e. The summed E-state index contributed by atoms with van der Waals surface area (Å²) in [5.74, 6) is -2.73. The Morgan fingerprint density at radius 1 is 0.968 bits per heavy atom. The molecule has 0 saturated carbocycles. The van der Waals surface area contributed by atoms with Gasteiger partial charge in [-0.15, -0.1) is 0 Å². The van der Waals surface area contributed by atoms with Crippen molar-refractivity contribution in [1.82, 2.24) is 10.2 Å². The summed E-state index contributed by atoms with van der Waals surface area (Å²) in [6, 6.07) is 8.29. The molecule has 0 radical (unpaired) electrons. The number of hydrogen-bond acceptors (Lipinski definition) is 16. The summed E-state index contributed by atoms with van der Waals surface area (Å²) in [5.41, 5.74) is -4.12. The maximum absolute atomic E-state index is 14.5. The van der Waals surface area contributed by atoms with Crippen molar-refractivity contribution in [3.8, 4) is 0 Å². The number of likely N-dealkylation sites (N-methyl/N-ethyl adjacent to an activating group) is 1. The van der Waals surface area contributed by atoms with E-state index in [0.29, 0.717) is 19.6 Å². The number of epoxide rings is 1. The largest absolute Gasteiger partial charge is 0.509 e. The number of carbonyl (C=O) groups is 2. The normalized spacial score (nSPS) is 44.8. The van der Waals surface area contributed by atoms with Crippen molar-refractivity contribution < 1.29 is 67.5 Å². The van der Waals surface area contributed by atoms with Crippen LogP contribution in [0.15, 0.2) is 30.3 Å². The average Bonchev–Trinajstić information content (AvgIpc) is 4.04. The molecule has 16 nitrogen and oxygen atoms in total. The zero-order valence-electron chi connectivity index (χ0n) is 39.2. The third-order valence-electron chi connectivity index (χ3n) is 14.0. The van der Waals surface area contributed by atoms with Gasteiger partial charge < -0.3 is 68.2 Å². The zero-order valence-corrected chi connectivity index (χ0v) is 39.2. The highest BCUT2D eigenvalue weighted by atomic mass is 16.8. The standard InChI is InChI=1S/C46H76N2O14/c1-14-34-45(10,53)38(49)30(6)47-23-26(2)21-43(8,52)39(28(4)36(29(5)40(50)59-34)60-35-22-44(9,54-13)46(25-56-46)31(7)58-35)62-41-37(33(48(11)12)20-27(3)57-41)61-42(51)55-24-32-18-16-15-17-19-32/h15-19,26-31,33-39,41,47,49,52-53H,14,20-25H2,1-13H3/t26-,27-,28+,29-,30-,31+,33+,34-,35+,36+,37-,38-,39-,41?,43+,44-,45-,46+/m1/s1. The molecule has 4 fully saturated rings. The highest BCUT2D eigenvalue weighted by Gasteiger charge is 2.67. The Balaban J connectivity index is 1.56. The number of nitrogens with one attached hydrogen (secondary N) is 1. The molecule has 1 spiro atoms. The molecule has 0 bridgehead atoms. The molecule has 4 aliphatic heterocycles. The van der Waals surface area contributed by atoms with Gasteiger partial charge in [0.15, 0.2) is 18.7 Å². The van der Waals surface area contributed by atoms with Crippen LogP contribution < -0.4 is 5.32 Å². The molecule has 4 N–H and O–H groups in total. The molecule has 4 saturated heterocycles. The summed E-state index contributed by atoms with van der Waals surface area (Å²) in [7, 11) is 5.39. The van der Waals surface area contributed by atoms with Crippen LogP contribution in [-0.2, 0) is 54.0 Å². The smallest absolute Gasteiger partial charge is 0.459 e. The molecule has 16 heteroatoms. The van der Waals surface area contributed by atoms with E-state index in [1.54, 1.807) is 34.8 Å². The lowest BCUT2D eigenvalue weighted by Gasteiger charge is -2.49. The molecule has 4 aliphatic rings. The maximum atomic E-state index is 14.5. The molecule has 0 aliphatic carbocycles. The van der Waals surface area contributed by atoms with E-state index in [1.807, 2.05) is 83.9 Å². The highest BCUT2D eigenvalue weighted by Crippen LogP contribution is 2.51. The van der Waals surface area contributed by atoms with Crippen LogP contribution in [-0.4, -0.2) is 156 Å². The first-order valence-corrected chi connectivity index (χ1v) is 22.4. The molecule has 4 heterocycles. The van der Waals surface area contributed by atoms with Gasteiger partial charge >= 0.3 is 12.1 Å². The first kappa shape index (κ1) is 50.5. The predicted octanol–water partition coefficient (Wildman–Crippen LogP) is 4.33. The lowest BCUT2D eigenvalue weighted by atomic mass is 9.77. The Hall–Kier alpha value is -2.48. The van der Waals surface area contributed by atoms with Gasteiger partial charge in [0.25, 0.3) is 0 Å². The SMILES string of the molecule is CC[C@H]1OC(=O)[C@H](C)[C@@H](O[C@H]2C[C@@](C)(OC)[C@]3(CO3)[C@H](C)O2)[C@H](C)[C@@H](OC2O[C@H](C)C[C@H](N(C)C)[C@H]2OC(=O)OCc2ccccc2)[C@@](C)(O)C[C@@H](C)CN[C@H](C)[C@@H](O)[C@]1(C)O. The van der Waals surface area contributed by atoms with Gasteiger partial charge in [-0.05, 0) is 99.9 Å². The molecule has 62 heavy (non-hydrogen) atoms. The van der Waals surface area contributed by atoms with Crippen molar-refractivity contribution >= 4 is 12.1 Å². The number of aliphatic hydroxyl groups is 3. The Bertz CT molecular complexity index is 1610. The van der Waals surface area contributed by atoms with Gasteiger partial charge in [-0.25, -0.2) is 4.79 Å². The lowest BCUT2D eigenvalue weighted by Crippen LogP contribution is -2.62. The van der Waals surface area contributed by atoms with Gasteiger partial charge in [-0.1, -0.05) is 51.1 Å². The van der Waals surface area contributed by atoms with Gasteiger partial charge in [0.2, 0.25) is 0 Å². The molecule has 0 aromatic heterocycles. The van der Waals surface area contributed by atoms with E-state index in [1.165, 1.54) is 6.92 Å². The van der Waals surface area contributed by atoms with Crippen LogP contribution in [0.1, 0.15) is 100 Å². The van der Waals surface area contributed by atoms with Crippen LogP contribution in [0.25, 0.3) is 0 Å². The van der Waals surface area contributed by atoms with Crippen molar-refractivity contribution in [2.24, 2.45) is 17.8 Å². The minimum Gasteiger partial charge on any atom is -0.459 e. The van der Waals surface area contributed by atoms with Crippen molar-refractivity contribution in [2.45, 2.75) is 191 Å². The quantitative estimate of drug-likeness (QED) is 0.191. The molecule has 1 unspecified atom stereocenters. The number of carbonyl (C=O) groups excluding carboxylic acids is 2. The van der Waals surface area contributed by atoms with E-state index in [9.17, 15) is 24.9 Å². The molecule has 1 aromatic rings. The monoisotopic (exact) mass is 881 g/mol. The van der Waals surface area contributed by atoms with Gasteiger partial charge in [0.05, 0.1) is 48.6 Å². The molecule has 354 valence electrons. The summed E-state index contributed by atoms with van der Waals surface area (Å²) in [6.45, 7) is 18.7. The summed E-state index contributed by atoms with van der Waals surface area (Å²) in [6.07, 6.45) is -8.18. The number of ether oxygens (including phenoxy) is 9. The van der Waals surface area contributed by atoms with Gasteiger partial charge in [0, 0.05) is 25.5 Å². The first-order valence-electron chi connectivity index (χ1n) is 22.4. The third kappa shape index (κ3) is 11.1. The predicted molar refractivity (Wildman–Crippen MR) is 228 cm³/mol. The van der Waals surface area contributed by atoms with E-state index in [2.05, 4.69) is 5.32 Å². The van der Waals surface area contributed by atoms with E-state index >= 15 is 0 Å². The molecule has 18 atom stereocenters. The summed E-state index contributed by atoms with van der Waals surface area (Å²) in [5, 5.41) is 39.3. The van der Waals surface area contributed by atoms with Crippen LogP contribution >= 0.6 is 0 Å². The van der Waals surface area contributed by atoms with E-state index in [-0.39, 0.29) is 43.9 Å². The molecule has 1 aromatic carbocycles. The summed E-state index contributed by atoms with van der Waals surface area (Å²) in [4.78, 5) is 29.8. The number of aliphatic hydroxyl groups excluding tert-OH is 1. The second-order valence-corrected chi connectivity index (χ2v) is 19.4. The molecular weight excluding hydrogens is 805 g/mol. The van der Waals surface area contributed by atoms with Gasteiger partial charge in [-0.3, -0.25) is 4.79 Å². The van der Waals surface area contributed by atoms with Gasteiger partial charge in [0.1, 0.15) is 35.6 Å². The van der Waals surface area contributed by atoms with E-state index in [4.69, 9.17) is 42.6 Å². The second-order valence-electron chi connectivity index (χ2n) is 19.4. The topological polar surface area (TPSA) is 196 Å². The third-order valence-corrected chi connectivity index (χ3v) is 14.0. The number of benzene rings is 1. The van der Waals surface area contributed by atoms with Crippen LogP contribution in [0.5, 0.6) is 0 Å². The minimum atomic E-state index is -1.82. The Kier molecular flexibility index (Phi) is 16.6. The fourth-order valence-electron chi connectivity index (χ4n) is 10.0. The van der Waals surface area contributed by atoms with Crippen molar-refractivity contribution in [3.63, 3.8) is 0 Å². The van der Waals surface area contributed by atoms with E-state index < -0.39 is 102 Å². The van der Waals surface area contributed by atoms with Crippen molar-refractivity contribution in [1.29, 1.82) is 0 Å². The van der Waals surface area contributed by atoms with Crippen LogP contribution in [0.4, 0.5) is 4.79 Å². The molecule has 0 amide bonds. The number of cyclic esters (lactones) is 1. The Morgan fingerprint density at radius 3 is 2.23 bits per heavy atom. The summed E-state index contributed by atoms with van der Waals surface area (Å²) < 4.78 is 56.6. The van der Waals surface area contributed by atoms with Crippen molar-refractivity contribution in [3.05, 3.63) is 35.9 Å². The minimum absolute atomic E-state index is 0.00368. The average molecular weight is 881 g/mol. The van der Waals surface area contributed by atoms with Gasteiger partial charge in [-0.2, -0.15) is 0 Å². The second kappa shape index (κ2) is 20.4. The van der Waals surface area contributed by atoms with Crippen molar-refractivity contribution in [2.75, 3.05) is 34.4 Å². The van der Waals surface area contributed by atoms with Crippen LogP contribution in [0, 0.1) is 17.8 Å². The zero-order chi connectivity index (χ0) is 45.9. The highest BCUT2D eigenvalue weighted by molar-refractivity contribution is 5.73. The van der Waals surface area contributed by atoms with Crippen LogP contribution in [0.2, 0.25) is 0 Å². The lowest BCUT2D eigenvalue weighted by molar-refractivity contribution is -0.315. The fraction of sp³-hybridized carbons (Fsp3) is 0.826. The first-order chi connectivity index (χ1) is 29.0. The number of rotatable bonds is 10. The Morgan fingerprint density at radius 2 is 1.63 bits per heavy atom. The number of hydrogen-bond donors (Lipinski definition) is 4. The number of nitrogens with zero attached hydrogens (tertiary/aromatic N) is 1. The Labute approximate surface area is 368 Å². The molecular formula is C46H76N2O14. The van der Waals surface area contributed by atoms with Crippen LogP contribution in [0.3, 0.4) is 0 Å². The summed E-state index contributed by atoms with van der Waals surface area (Å²) >= 11 is 0. The fourth-order valence-corrected chi connectivity index (χ4v) is 10.0. The molecule has 5 rings (SSSR count). The number of esters is 1.